The first-order valence-corrected chi connectivity index (χ1v) is 41.1. The molecule has 0 radical (unpaired) electrons. The average Bonchev–Trinajstić information content (AvgIpc) is 1.44. The molecule has 6 heterocycles. The van der Waals surface area contributed by atoms with E-state index >= 15 is 0 Å². The number of ether oxygens (including phenoxy) is 1. The molecule has 0 atom stereocenters. The van der Waals surface area contributed by atoms with Crippen molar-refractivity contribution < 1.29 is 644 Å². The molecule has 3 aliphatic rings. The first-order valence-electron chi connectivity index (χ1n) is 39.6. The number of nitrogens with one attached hydrogen (secondary N) is 1. The Bertz CT molecular complexity index is 7220. The molecule has 0 saturated heterocycles. The molecule has 27 nitrogen and oxygen atoms in total. The third-order valence-corrected chi connectivity index (χ3v) is 22.9. The van der Waals surface area contributed by atoms with Gasteiger partial charge in [0.15, 0.2) is 23.1 Å². The van der Waals surface area contributed by atoms with E-state index < -0.39 is 47.8 Å². The number of anilines is 2. The number of ketones is 1. The maximum atomic E-state index is 12.3. The second kappa shape index (κ2) is 58.3. The van der Waals surface area contributed by atoms with Crippen molar-refractivity contribution >= 4 is 141 Å². The maximum Gasteiger partial charge on any atom is 1.00 e. The normalized spacial score (nSPS) is 10.6. The molecular weight excluding hydrogens is 2730 g/mol. The summed E-state index contributed by atoms with van der Waals surface area (Å²) in [6.45, 7) is 28.8. The van der Waals surface area contributed by atoms with Crippen molar-refractivity contribution in [1.29, 1.82) is 0 Å². The Hall–Kier alpha value is 0.796. The average molecular weight is 2810 g/mol. The van der Waals surface area contributed by atoms with Crippen LogP contribution in [0.5, 0.6) is 11.5 Å². The predicted molar refractivity (Wildman–Crippen MR) is 469 cm³/mol. The molecule has 648 valence electrons. The summed E-state index contributed by atoms with van der Waals surface area (Å²) in [5, 5.41) is 93.8. The SMILES string of the molecule is Cc1cc(C(=O)[O-])c(C)c2nsnc12.Cc1ccc2c(c1)C(=O)c1cc(C)c(C(=O)[O-])cc1-2.Cc1ccc2c(c1)Cc1cc(C)c(C(=O)[O-])cc1-2.Cc1ccc2c(c1)Nc1cc(C)c(C(=O)[O-])cc1O2.Cc1ccc2c(c1)oc1cc(C)c(C(=O)[O-])cc12.Cc1ccc2c(c1)sc1cc(C)c(C(=O)[O-])cc12.Cc1cnc(C)c(C(=O)[O-])n1.Cc1nc(C)nc(C(=O)[O-])n1.[Cs+].[Cs+].[Cs+].[Cs+].[Cs+].[Cs+].[Cs+].[Cs+]. The summed E-state index contributed by atoms with van der Waals surface area (Å²) in [5.74, 6) is -7.99. The molecule has 0 saturated carbocycles. The molecule has 0 fully saturated rings. The summed E-state index contributed by atoms with van der Waals surface area (Å²) < 4.78 is 21.9. The minimum absolute atomic E-state index is 0. The third kappa shape index (κ3) is 32.4. The van der Waals surface area contributed by atoms with Gasteiger partial charge in [-0.3, -0.25) is 9.78 Å². The maximum absolute atomic E-state index is 12.3. The molecule has 0 spiro atoms. The Morgan fingerprint density at radius 3 is 1.39 bits per heavy atom. The van der Waals surface area contributed by atoms with E-state index in [1.807, 2.05) is 107 Å². The van der Waals surface area contributed by atoms with Crippen molar-refractivity contribution in [2.45, 2.75) is 117 Å². The second-order valence-electron chi connectivity index (χ2n) is 31.0. The zero-order valence-corrected chi connectivity index (χ0v) is 132. The van der Waals surface area contributed by atoms with Gasteiger partial charge in [-0.2, -0.15) is 8.75 Å². The molecule has 19 rings (SSSR count). The molecule has 16 aromatic rings. The van der Waals surface area contributed by atoms with Crippen LogP contribution in [-0.4, -0.2) is 87.2 Å². The van der Waals surface area contributed by atoms with Gasteiger partial charge in [-0.15, -0.1) is 11.3 Å². The number of hydrogen-bond acceptors (Lipinski definition) is 29. The van der Waals surface area contributed by atoms with E-state index in [2.05, 4.69) is 83.2 Å². The van der Waals surface area contributed by atoms with E-state index in [-0.39, 0.29) is 596 Å². The molecule has 37 heteroatoms. The van der Waals surface area contributed by atoms with Crippen molar-refractivity contribution in [3.63, 3.8) is 0 Å². The fraction of sp³-hybridized carbons (Fsp3) is 0.172. The minimum Gasteiger partial charge on any atom is -0.545 e. The molecule has 0 unspecified atom stereocenters. The van der Waals surface area contributed by atoms with Crippen molar-refractivity contribution in [2.75, 3.05) is 5.32 Å². The van der Waals surface area contributed by atoms with E-state index in [0.29, 0.717) is 90.1 Å². The number of rotatable bonds is 8. The third-order valence-electron chi connectivity index (χ3n) is 21.2. The monoisotopic (exact) mass is 2810 g/mol. The number of aryl methyl sites for hydroxylation is 16. The summed E-state index contributed by atoms with van der Waals surface area (Å²) >= 11 is 2.79. The van der Waals surface area contributed by atoms with Gasteiger partial charge in [0, 0.05) is 81.6 Å². The zero-order chi connectivity index (χ0) is 93.0. The van der Waals surface area contributed by atoms with Crippen molar-refractivity contribution in [3.05, 3.63) is 321 Å². The Balaban J connectivity index is 0.000000324. The zero-order valence-electron chi connectivity index (χ0n) is 80.0. The molecule has 136 heavy (non-hydrogen) atoms. The summed E-state index contributed by atoms with van der Waals surface area (Å²) in [5.41, 5.74) is 24.6. The van der Waals surface area contributed by atoms with Crippen LogP contribution < -0.4 is 602 Å². The van der Waals surface area contributed by atoms with E-state index in [0.717, 1.165) is 117 Å². The minimum atomic E-state index is -1.38. The molecule has 0 amide bonds. The van der Waals surface area contributed by atoms with Gasteiger partial charge in [0.2, 0.25) is 0 Å². The van der Waals surface area contributed by atoms with Crippen molar-refractivity contribution in [2.24, 2.45) is 0 Å². The Kier molecular flexibility index (Phi) is 55.3. The first-order chi connectivity index (χ1) is 60.5. The number of thiophene rings is 1. The first kappa shape index (κ1) is 129. The van der Waals surface area contributed by atoms with E-state index in [4.69, 9.17) is 9.15 Å². The van der Waals surface area contributed by atoms with Crippen LogP contribution in [0.25, 0.3) is 75.4 Å². The smallest absolute Gasteiger partial charge is 0.545 e. The number of carboxylic acids is 8. The molecule has 0 bridgehead atoms. The molecule has 5 aromatic heterocycles. The molecule has 1 N–H and O–H groups in total. The van der Waals surface area contributed by atoms with Crippen LogP contribution in [0.3, 0.4) is 0 Å². The van der Waals surface area contributed by atoms with Gasteiger partial charge in [0.25, 0.3) is 0 Å². The fourth-order valence-electron chi connectivity index (χ4n) is 14.8. The van der Waals surface area contributed by atoms with Crippen molar-refractivity contribution in [1.82, 2.24) is 33.7 Å². The number of carboxylic acid groups (broad SMARTS) is 8. The number of hydrogen-bond donors (Lipinski definition) is 1. The number of fused-ring (bicyclic) bond motifs is 15. The number of aromatic carboxylic acids is 8. The summed E-state index contributed by atoms with van der Waals surface area (Å²) in [7, 11) is 0. The van der Waals surface area contributed by atoms with Gasteiger partial charge in [0.1, 0.15) is 45.5 Å². The van der Waals surface area contributed by atoms with Gasteiger partial charge in [-0.05, 0) is 297 Å². The van der Waals surface area contributed by atoms with Crippen LogP contribution in [-0.2, 0) is 6.42 Å². The largest absolute Gasteiger partial charge is 1.00 e. The van der Waals surface area contributed by atoms with Gasteiger partial charge in [0.05, 0.1) is 76.3 Å². The molecule has 2 aliphatic carbocycles. The number of aromatic nitrogens is 7. The standard InChI is InChI=1S/C16H12O3.C16H14O2.C15H13NO3.C15H12O3.C15H12O2S.C9H8N2O2S.C7H8N2O2.C6H7N3O2.8Cs/c1-8-3-4-10-12-7-11(16(18)19)9(2)6-14(12)15(17)13(10)5-8;1-9-3-4-13-11(5-9)7-12-6-10(2)14(16(17)18)8-15(12)13;1-8-3-4-13-11(5-8)16-12-6-9(2)10(15(17)18)7-14(12)19-13;2*1-8-3-4-10-12-7-11(15(16)17)9(2)6-14(12)18-13(10)5-8;1-4-3-6(9(12)13)5(2)8-7(4)10-14-11-8;1-4-3-8-5(2)6(9-4)7(10)11;1-3-7-4(2)9-5(8-3)6(10)11;;;;;;;;/h3-7H,1-2H3,(H,18,19);3-6,8H,7H2,1-2H3,(H,17,18);3-7,16H,1-2H3,(H,17,18);2*3-7H,1-2H3,(H,16,17);3H,1-2H3,(H,12,13);3H,1-2H3,(H,10,11);1-2H3,(H,10,11);;;;;;;;/q;;;;;;;;8*+1/p-8. The molecule has 1 aliphatic heterocycles. The Morgan fingerprint density at radius 1 is 0.346 bits per heavy atom. The number of nitrogens with zero attached hydrogens (tertiary/aromatic N) is 7. The van der Waals surface area contributed by atoms with Crippen LogP contribution in [0.15, 0.2) is 168 Å². The van der Waals surface area contributed by atoms with Crippen molar-refractivity contribution in [3.8, 4) is 33.8 Å². The number of carbonyl (C=O) groups excluding carboxylic acids is 9. The number of carbonyl (C=O) groups is 9. The molecular formula is C99H78Cs8N8O19S2. The van der Waals surface area contributed by atoms with Gasteiger partial charge < -0.3 is 93.7 Å². The van der Waals surface area contributed by atoms with Gasteiger partial charge >= 0.3 is 551 Å². The Labute approximate surface area is 1260 Å². The quantitative estimate of drug-likeness (QED) is 0.148. The topological polar surface area (TPSA) is 463 Å². The summed E-state index contributed by atoms with van der Waals surface area (Å²) in [6.07, 6.45) is 2.41. The van der Waals surface area contributed by atoms with Crippen LogP contribution >= 0.6 is 23.1 Å². The van der Waals surface area contributed by atoms with Gasteiger partial charge in [-0.1, -0.05) is 77.9 Å². The Morgan fingerprint density at radius 2 is 0.801 bits per heavy atom. The summed E-state index contributed by atoms with van der Waals surface area (Å²) in [6, 6.07) is 48.6. The summed E-state index contributed by atoms with van der Waals surface area (Å²) in [4.78, 5) is 117. The van der Waals surface area contributed by atoms with Gasteiger partial charge in [-0.25, -0.2) is 19.9 Å². The van der Waals surface area contributed by atoms with Crippen LogP contribution in [0.4, 0.5) is 11.4 Å². The van der Waals surface area contributed by atoms with Crippen LogP contribution in [0.1, 0.15) is 200 Å². The van der Waals surface area contributed by atoms with E-state index in [1.54, 1.807) is 122 Å². The predicted octanol–water partition coefficient (Wildman–Crippen LogP) is -12.8. The molecule has 11 aromatic carbocycles. The van der Waals surface area contributed by atoms with Crippen LogP contribution in [0.2, 0.25) is 0 Å². The second-order valence-corrected chi connectivity index (χ2v) is 32.6. The number of furan rings is 1. The number of benzene rings is 11. The van der Waals surface area contributed by atoms with E-state index in [9.17, 15) is 84.0 Å². The van der Waals surface area contributed by atoms with Crippen LogP contribution in [0, 0.1) is 111 Å². The van der Waals surface area contributed by atoms with E-state index in [1.165, 1.54) is 39.2 Å². The fourth-order valence-corrected chi connectivity index (χ4v) is 16.8.